The maximum atomic E-state index is 5.73. The molecule has 2 heteroatoms. The molecule has 0 bridgehead atoms. The van der Waals surface area contributed by atoms with Crippen molar-refractivity contribution >= 4 is 0 Å². The molecule has 7 aromatic rings. The van der Waals surface area contributed by atoms with Gasteiger partial charge in [0.05, 0.1) is 11.4 Å². The van der Waals surface area contributed by atoms with Crippen LogP contribution in [0.3, 0.4) is 0 Å². The number of fused-ring (bicyclic) bond motifs is 9. The minimum Gasteiger partial charge on any atom is -0.228 e. The molecule has 0 amide bonds. The van der Waals surface area contributed by atoms with Crippen LogP contribution in [0.2, 0.25) is 0 Å². The minimum atomic E-state index is -0.0273. The number of aromatic nitrogens is 2. The molecule has 0 N–H and O–H groups in total. The number of hydrogen-bond acceptors (Lipinski definition) is 2. The zero-order valence-corrected chi connectivity index (χ0v) is 45.6. The van der Waals surface area contributed by atoms with Crippen LogP contribution in [-0.2, 0) is 16.2 Å². The van der Waals surface area contributed by atoms with Crippen molar-refractivity contribution in [3.8, 4) is 67.3 Å². The largest absolute Gasteiger partial charge is 0.228 e. The third kappa shape index (κ3) is 8.51. The Kier molecular flexibility index (Phi) is 14.4. The van der Waals surface area contributed by atoms with E-state index in [2.05, 4.69) is 178 Å². The van der Waals surface area contributed by atoms with E-state index in [1.807, 2.05) is 0 Å². The highest BCUT2D eigenvalue weighted by molar-refractivity contribution is 5.88. The summed E-state index contributed by atoms with van der Waals surface area (Å²) in [5.74, 6) is 0.822. The first kappa shape index (κ1) is 50.0. The number of rotatable bonds is 21. The third-order valence-electron chi connectivity index (χ3n) is 17.9. The van der Waals surface area contributed by atoms with Gasteiger partial charge in [-0.25, -0.2) is 9.97 Å². The predicted molar refractivity (Wildman–Crippen MR) is 308 cm³/mol. The maximum Gasteiger partial charge on any atom is 0.160 e. The first-order valence-electron chi connectivity index (χ1n) is 28.8. The Morgan fingerprint density at radius 1 is 0.292 bits per heavy atom. The van der Waals surface area contributed by atoms with Gasteiger partial charge in [-0.1, -0.05) is 226 Å². The zero-order chi connectivity index (χ0) is 50.2. The number of nitrogens with zero attached hydrogens (tertiary/aromatic N) is 2. The van der Waals surface area contributed by atoms with Crippen LogP contribution in [0.25, 0.3) is 67.3 Å². The van der Waals surface area contributed by atoms with Gasteiger partial charge in [0.25, 0.3) is 0 Å². The van der Waals surface area contributed by atoms with Gasteiger partial charge in [-0.05, 0) is 150 Å². The molecule has 72 heavy (non-hydrogen) atoms. The lowest BCUT2D eigenvalue weighted by Gasteiger charge is -2.33. The molecule has 372 valence electrons. The second-order valence-electron chi connectivity index (χ2n) is 22.8. The highest BCUT2D eigenvalue weighted by Gasteiger charge is 2.45. The summed E-state index contributed by atoms with van der Waals surface area (Å²) in [6.07, 6.45) is 21.4. The third-order valence-corrected chi connectivity index (χ3v) is 17.9. The standard InChI is InChI=1S/C70H82N2/c1-10-16-34-68(35-17-11-2)59-40-47(7)22-28-53(59)56-31-25-50(43-62(56)68)65-46-66(51-26-32-57-54-29-23-48(8)41-60(54)69(36-18-12-3,37-19-13-4)63(57)44-51)72-67(71-65)52-27-33-58-55-30-24-49(9)42-61(55)70(38-20-14-5,39-21-15-6)64(58)45-52/h22-33,40-46H,10-21,34-39H2,1-9H3. The van der Waals surface area contributed by atoms with Crippen LogP contribution in [0, 0.1) is 20.8 Å². The lowest BCUT2D eigenvalue weighted by atomic mass is 9.70. The number of unbranched alkanes of at least 4 members (excludes halogenated alkanes) is 6. The highest BCUT2D eigenvalue weighted by Crippen LogP contribution is 2.58. The Bertz CT molecular complexity index is 2740. The first-order chi connectivity index (χ1) is 35.1. The lowest BCUT2D eigenvalue weighted by Crippen LogP contribution is -2.25. The topological polar surface area (TPSA) is 25.8 Å². The molecule has 3 aliphatic carbocycles. The van der Waals surface area contributed by atoms with E-state index in [4.69, 9.17) is 9.97 Å². The Morgan fingerprint density at radius 3 is 0.833 bits per heavy atom. The summed E-state index contributed by atoms with van der Waals surface area (Å²) >= 11 is 0. The number of hydrogen-bond donors (Lipinski definition) is 0. The van der Waals surface area contributed by atoms with Gasteiger partial charge in [-0.3, -0.25) is 0 Å². The van der Waals surface area contributed by atoms with Crippen molar-refractivity contribution in [1.82, 2.24) is 9.97 Å². The van der Waals surface area contributed by atoms with Gasteiger partial charge in [-0.2, -0.15) is 0 Å². The fourth-order valence-corrected chi connectivity index (χ4v) is 14.0. The smallest absolute Gasteiger partial charge is 0.160 e. The Hall–Kier alpha value is -5.60. The normalized spacial score (nSPS) is 15.0. The monoisotopic (exact) mass is 951 g/mol. The molecule has 0 radical (unpaired) electrons. The van der Waals surface area contributed by atoms with E-state index in [9.17, 15) is 0 Å². The van der Waals surface area contributed by atoms with Gasteiger partial charge in [-0.15, -0.1) is 0 Å². The molecule has 1 heterocycles. The van der Waals surface area contributed by atoms with Crippen molar-refractivity contribution in [2.24, 2.45) is 0 Å². The summed E-state index contributed by atoms with van der Waals surface area (Å²) in [5, 5.41) is 0. The van der Waals surface area contributed by atoms with Crippen LogP contribution >= 0.6 is 0 Å². The molecule has 0 aliphatic heterocycles. The van der Waals surface area contributed by atoms with Crippen LogP contribution in [0.5, 0.6) is 0 Å². The Labute approximate surface area is 434 Å². The molecule has 2 nitrogen and oxygen atoms in total. The second-order valence-corrected chi connectivity index (χ2v) is 22.8. The molecular formula is C70H82N2. The van der Waals surface area contributed by atoms with Crippen molar-refractivity contribution in [1.29, 1.82) is 0 Å². The van der Waals surface area contributed by atoms with E-state index in [1.54, 1.807) is 0 Å². The summed E-state index contributed by atoms with van der Waals surface area (Å²) < 4.78 is 0. The Balaban J connectivity index is 1.20. The maximum absolute atomic E-state index is 5.73. The van der Waals surface area contributed by atoms with E-state index < -0.39 is 0 Å². The van der Waals surface area contributed by atoms with Crippen LogP contribution in [0.1, 0.15) is 207 Å². The SMILES string of the molecule is CCCCC1(CCCC)c2cc(C)ccc2-c2ccc(-c3cc(-c4ccc5c(c4)C(CCCC)(CCCC)c4cc(C)ccc4-5)nc(-c4ccc5c(c4)C(CCCC)(CCCC)c4cc(C)ccc4-5)n3)cc21. The van der Waals surface area contributed by atoms with E-state index in [1.165, 1.54) is 197 Å². The van der Waals surface area contributed by atoms with Gasteiger partial charge in [0.2, 0.25) is 0 Å². The van der Waals surface area contributed by atoms with Crippen molar-refractivity contribution in [3.05, 3.63) is 165 Å². The fraction of sp³-hybridized carbons (Fsp3) is 0.429. The second kappa shape index (κ2) is 20.7. The van der Waals surface area contributed by atoms with E-state index in [-0.39, 0.29) is 16.2 Å². The van der Waals surface area contributed by atoms with Crippen molar-refractivity contribution in [3.63, 3.8) is 0 Å². The van der Waals surface area contributed by atoms with E-state index in [0.29, 0.717) is 0 Å². The lowest BCUT2D eigenvalue weighted by molar-refractivity contribution is 0.414. The zero-order valence-electron chi connectivity index (χ0n) is 45.6. The molecule has 10 rings (SSSR count). The molecule has 3 aliphatic rings. The average molecular weight is 951 g/mol. The van der Waals surface area contributed by atoms with Crippen LogP contribution in [0.15, 0.2) is 115 Å². The molecule has 0 fully saturated rings. The molecule has 1 aromatic heterocycles. The summed E-state index contributed by atoms with van der Waals surface area (Å²) in [6.45, 7) is 20.9. The van der Waals surface area contributed by atoms with Gasteiger partial charge >= 0.3 is 0 Å². The van der Waals surface area contributed by atoms with Crippen molar-refractivity contribution < 1.29 is 0 Å². The summed E-state index contributed by atoms with van der Waals surface area (Å²) in [5.41, 5.74) is 27.0. The fourth-order valence-electron chi connectivity index (χ4n) is 14.0. The number of benzene rings is 6. The van der Waals surface area contributed by atoms with E-state index in [0.717, 1.165) is 35.6 Å². The van der Waals surface area contributed by atoms with Crippen molar-refractivity contribution in [2.75, 3.05) is 0 Å². The van der Waals surface area contributed by atoms with Crippen molar-refractivity contribution in [2.45, 2.75) is 194 Å². The predicted octanol–water partition coefficient (Wildman–Crippen LogP) is 20.3. The molecule has 0 saturated carbocycles. The Morgan fingerprint density at radius 2 is 0.542 bits per heavy atom. The molecule has 0 spiro atoms. The van der Waals surface area contributed by atoms with E-state index >= 15 is 0 Å². The van der Waals surface area contributed by atoms with Gasteiger partial charge < -0.3 is 0 Å². The quantitative estimate of drug-likeness (QED) is 0.0717. The first-order valence-corrected chi connectivity index (χ1v) is 28.8. The van der Waals surface area contributed by atoms with Gasteiger partial charge in [0.1, 0.15) is 0 Å². The average Bonchev–Trinajstić information content (AvgIpc) is 3.94. The van der Waals surface area contributed by atoms with Crippen LogP contribution in [0.4, 0.5) is 0 Å². The highest BCUT2D eigenvalue weighted by atomic mass is 14.9. The minimum absolute atomic E-state index is 0.0152. The molecule has 0 unspecified atom stereocenters. The molecular weight excluding hydrogens is 869 g/mol. The molecule has 0 saturated heterocycles. The van der Waals surface area contributed by atoms with Gasteiger partial charge in [0.15, 0.2) is 5.82 Å². The van der Waals surface area contributed by atoms with Crippen LogP contribution in [-0.4, -0.2) is 9.97 Å². The molecule has 0 atom stereocenters. The summed E-state index contributed by atoms with van der Waals surface area (Å²) in [4.78, 5) is 11.5. The summed E-state index contributed by atoms with van der Waals surface area (Å²) in [6, 6.07) is 46.1. The van der Waals surface area contributed by atoms with Crippen LogP contribution < -0.4 is 0 Å². The van der Waals surface area contributed by atoms with Gasteiger partial charge in [0, 0.05) is 32.9 Å². The summed E-state index contributed by atoms with van der Waals surface area (Å²) in [7, 11) is 0. The number of aryl methyl sites for hydroxylation is 3. The molecule has 6 aromatic carbocycles.